The van der Waals surface area contributed by atoms with E-state index in [2.05, 4.69) is 42.7 Å². The van der Waals surface area contributed by atoms with E-state index in [4.69, 9.17) is 24.8 Å². The Morgan fingerprint density at radius 1 is 0.585 bits per heavy atom. The second kappa shape index (κ2) is 36.9. The summed E-state index contributed by atoms with van der Waals surface area (Å²) < 4.78 is 32.6. The van der Waals surface area contributed by atoms with Crippen LogP contribution in [-0.4, -0.2) is 59.9 Å². The van der Waals surface area contributed by atoms with E-state index in [1.54, 1.807) is 0 Å². The predicted octanol–water partition coefficient (Wildman–Crippen LogP) is 10.7. The molecule has 4 N–H and O–H groups in total. The maximum atomic E-state index is 12.6. The van der Waals surface area contributed by atoms with Gasteiger partial charge in [0.1, 0.15) is 12.6 Å². The molecule has 3 atom stereocenters. The van der Waals surface area contributed by atoms with Crippen molar-refractivity contribution in [2.75, 3.05) is 19.8 Å². The highest BCUT2D eigenvalue weighted by atomic mass is 31.2. The predicted molar refractivity (Wildman–Crippen MR) is 212 cm³/mol. The van der Waals surface area contributed by atoms with Crippen LogP contribution in [0.1, 0.15) is 187 Å². The summed E-state index contributed by atoms with van der Waals surface area (Å²) in [5, 5.41) is 8.87. The fourth-order valence-corrected chi connectivity index (χ4v) is 6.40. The van der Waals surface area contributed by atoms with Crippen molar-refractivity contribution in [3.8, 4) is 0 Å². The summed E-state index contributed by atoms with van der Waals surface area (Å²) in [4.78, 5) is 45.9. The first-order chi connectivity index (χ1) is 25.6. The lowest BCUT2D eigenvalue weighted by Crippen LogP contribution is -2.34. The molecule has 0 aliphatic rings. The van der Waals surface area contributed by atoms with E-state index in [9.17, 15) is 23.8 Å². The smallest absolute Gasteiger partial charge is 0.472 e. The van der Waals surface area contributed by atoms with Crippen LogP contribution in [0.5, 0.6) is 0 Å². The molecule has 0 aliphatic heterocycles. The number of hydrogen-bond acceptors (Lipinski definition) is 9. The molecular weight excluding hydrogens is 697 g/mol. The van der Waals surface area contributed by atoms with Crippen molar-refractivity contribution in [3.63, 3.8) is 0 Å². The van der Waals surface area contributed by atoms with E-state index in [-0.39, 0.29) is 19.4 Å². The van der Waals surface area contributed by atoms with Crippen molar-refractivity contribution < 1.29 is 47.5 Å². The van der Waals surface area contributed by atoms with Crippen molar-refractivity contribution in [1.29, 1.82) is 0 Å². The lowest BCUT2D eigenvalue weighted by molar-refractivity contribution is -0.161. The molecule has 0 radical (unpaired) electrons. The van der Waals surface area contributed by atoms with Crippen LogP contribution in [0.2, 0.25) is 0 Å². The van der Waals surface area contributed by atoms with Gasteiger partial charge >= 0.3 is 25.7 Å². The van der Waals surface area contributed by atoms with E-state index < -0.39 is 51.1 Å². The third-order valence-corrected chi connectivity index (χ3v) is 9.90. The van der Waals surface area contributed by atoms with Gasteiger partial charge in [-0.2, -0.15) is 0 Å². The average Bonchev–Trinajstić information content (AvgIpc) is 3.13. The lowest BCUT2D eigenvalue weighted by Gasteiger charge is -2.20. The zero-order chi connectivity index (χ0) is 39.3. The van der Waals surface area contributed by atoms with Crippen LogP contribution >= 0.6 is 7.82 Å². The Labute approximate surface area is 321 Å². The summed E-state index contributed by atoms with van der Waals surface area (Å²) in [7, 11) is -4.71. The fourth-order valence-electron chi connectivity index (χ4n) is 5.62. The van der Waals surface area contributed by atoms with Gasteiger partial charge in [-0.15, -0.1) is 0 Å². The first-order valence-electron chi connectivity index (χ1n) is 20.9. The van der Waals surface area contributed by atoms with E-state index >= 15 is 0 Å². The quantitative estimate of drug-likeness (QED) is 0.0235. The molecule has 0 amide bonds. The molecule has 0 bridgehead atoms. The molecule has 0 aromatic carbocycles. The Morgan fingerprint density at radius 3 is 1.51 bits per heavy atom. The Morgan fingerprint density at radius 2 is 1.00 bits per heavy atom. The summed E-state index contributed by atoms with van der Waals surface area (Å²) in [6.45, 7) is 2.76. The SMILES string of the molecule is CCCCC/C=C/C/C=C/CCCCCCCC(=O)OC[C@H](COP(=O)(O)OC[C@H](N)C(=O)O)OC(=O)CCCCCCCCCCCCCCCC. The van der Waals surface area contributed by atoms with Gasteiger partial charge in [-0.25, -0.2) is 4.57 Å². The largest absolute Gasteiger partial charge is 0.480 e. The normalized spacial score (nSPS) is 14.0. The second-order valence-electron chi connectivity index (χ2n) is 14.1. The van der Waals surface area contributed by atoms with Crippen LogP contribution in [0.25, 0.3) is 0 Å². The molecule has 310 valence electrons. The van der Waals surface area contributed by atoms with Gasteiger partial charge in [-0.05, 0) is 44.9 Å². The van der Waals surface area contributed by atoms with Crippen molar-refractivity contribution in [3.05, 3.63) is 24.3 Å². The fraction of sp³-hybridized carbons (Fsp3) is 0.829. The number of aliphatic carboxylic acids is 1. The number of carbonyl (C=O) groups is 3. The van der Waals surface area contributed by atoms with Crippen molar-refractivity contribution in [1.82, 2.24) is 0 Å². The first-order valence-corrected chi connectivity index (χ1v) is 22.4. The topological polar surface area (TPSA) is 172 Å². The Bertz CT molecular complexity index is 1010. The number of unbranched alkanes of at least 4 members (excludes halogenated alkanes) is 21. The molecule has 1 unspecified atom stereocenters. The molecule has 0 aliphatic carbocycles. The molecule has 0 aromatic heterocycles. The van der Waals surface area contributed by atoms with Crippen LogP contribution in [-0.2, 0) is 37.5 Å². The van der Waals surface area contributed by atoms with E-state index in [1.807, 2.05) is 0 Å². The molecule has 0 aromatic rings. The van der Waals surface area contributed by atoms with Gasteiger partial charge in [0.15, 0.2) is 6.10 Å². The van der Waals surface area contributed by atoms with Gasteiger partial charge in [-0.3, -0.25) is 23.4 Å². The van der Waals surface area contributed by atoms with Crippen LogP contribution < -0.4 is 5.73 Å². The van der Waals surface area contributed by atoms with E-state index in [0.717, 1.165) is 64.2 Å². The van der Waals surface area contributed by atoms with Gasteiger partial charge < -0.3 is 25.2 Å². The lowest BCUT2D eigenvalue weighted by atomic mass is 10.0. The minimum absolute atomic E-state index is 0.162. The number of allylic oxidation sites excluding steroid dienone is 4. The highest BCUT2D eigenvalue weighted by Gasteiger charge is 2.28. The minimum Gasteiger partial charge on any atom is -0.480 e. The highest BCUT2D eigenvalue weighted by molar-refractivity contribution is 7.47. The molecule has 0 saturated carbocycles. The average molecular weight is 774 g/mol. The van der Waals surface area contributed by atoms with Crippen LogP contribution in [0, 0.1) is 0 Å². The Balaban J connectivity index is 4.40. The minimum atomic E-state index is -4.71. The molecule has 12 heteroatoms. The van der Waals surface area contributed by atoms with Gasteiger partial charge in [0.25, 0.3) is 0 Å². The number of carboxylic acids is 1. The Hall–Kier alpha value is -2.04. The number of carbonyl (C=O) groups excluding carboxylic acids is 2. The van der Waals surface area contributed by atoms with Crippen molar-refractivity contribution in [2.45, 2.75) is 199 Å². The molecular formula is C41H76NO10P. The molecule has 53 heavy (non-hydrogen) atoms. The van der Waals surface area contributed by atoms with Crippen LogP contribution in [0.15, 0.2) is 24.3 Å². The van der Waals surface area contributed by atoms with Gasteiger partial charge in [0.05, 0.1) is 13.2 Å². The summed E-state index contributed by atoms with van der Waals surface area (Å²) >= 11 is 0. The number of phosphoric acid groups is 1. The molecule has 0 saturated heterocycles. The van der Waals surface area contributed by atoms with Gasteiger partial charge in [0, 0.05) is 12.8 Å². The number of hydrogen-bond donors (Lipinski definition) is 3. The number of rotatable bonds is 39. The third kappa shape index (κ3) is 36.7. The van der Waals surface area contributed by atoms with E-state index in [0.29, 0.717) is 12.8 Å². The Kier molecular flexibility index (Phi) is 35.5. The number of ether oxygens (including phenoxy) is 2. The molecule has 0 fully saturated rings. The summed E-state index contributed by atoms with van der Waals surface area (Å²) in [5.74, 6) is -2.39. The summed E-state index contributed by atoms with van der Waals surface area (Å²) in [6, 6.07) is -1.52. The zero-order valence-electron chi connectivity index (χ0n) is 33.4. The highest BCUT2D eigenvalue weighted by Crippen LogP contribution is 2.43. The monoisotopic (exact) mass is 774 g/mol. The number of nitrogens with two attached hydrogens (primary N) is 1. The first kappa shape index (κ1) is 51.0. The van der Waals surface area contributed by atoms with Crippen LogP contribution in [0.4, 0.5) is 0 Å². The van der Waals surface area contributed by atoms with Gasteiger partial charge in [0.2, 0.25) is 0 Å². The van der Waals surface area contributed by atoms with Crippen LogP contribution in [0.3, 0.4) is 0 Å². The standard InChI is InChI=1S/C41H76NO10P/c1-3-5-7-9-11-13-15-17-19-21-22-24-26-28-30-32-39(43)49-34-37(35-50-53(47,48)51-36-38(42)41(45)46)52-40(44)33-31-29-27-25-23-20-18-16-14-12-10-8-6-4-2/h11,13,17,19,37-38H,3-10,12,14-16,18,20-36,42H2,1-2H3,(H,45,46)(H,47,48)/b13-11+,19-17+/t37-,38+/m1/s1. The maximum Gasteiger partial charge on any atom is 0.472 e. The molecule has 0 rings (SSSR count). The third-order valence-electron chi connectivity index (χ3n) is 8.95. The van der Waals surface area contributed by atoms with Crippen molar-refractivity contribution >= 4 is 25.7 Å². The zero-order valence-corrected chi connectivity index (χ0v) is 34.3. The maximum absolute atomic E-state index is 12.6. The number of esters is 2. The van der Waals surface area contributed by atoms with Gasteiger partial charge in [-0.1, -0.05) is 154 Å². The molecule has 0 heterocycles. The summed E-state index contributed by atoms with van der Waals surface area (Å²) in [6.07, 6.45) is 36.7. The number of phosphoric ester groups is 1. The van der Waals surface area contributed by atoms with E-state index in [1.165, 1.54) is 83.5 Å². The second-order valence-corrected chi connectivity index (χ2v) is 15.6. The molecule has 0 spiro atoms. The number of carboxylic acid groups (broad SMARTS) is 1. The van der Waals surface area contributed by atoms with Crippen molar-refractivity contribution in [2.24, 2.45) is 5.73 Å². The molecule has 11 nitrogen and oxygen atoms in total. The summed E-state index contributed by atoms with van der Waals surface area (Å²) in [5.41, 5.74) is 5.32.